The zero-order valence-electron chi connectivity index (χ0n) is 10.4. The van der Waals surface area contributed by atoms with Crippen LogP contribution in [0.5, 0.6) is 0 Å². The minimum Gasteiger partial charge on any atom is -0.368 e. The molecule has 0 aliphatic carbocycles. The molecule has 0 saturated carbocycles. The third kappa shape index (κ3) is 2.30. The van der Waals surface area contributed by atoms with Gasteiger partial charge in [-0.3, -0.25) is 0 Å². The Balaban J connectivity index is 2.34. The lowest BCUT2D eigenvalue weighted by molar-refractivity contribution is 0.687. The number of nitriles is 1. The molecule has 2 rings (SSSR count). The maximum absolute atomic E-state index is 9.08. The van der Waals surface area contributed by atoms with Crippen molar-refractivity contribution in [2.75, 3.05) is 5.73 Å². The standard InChI is InChI=1S/C14H14N4/c1-14(2,9-15)12-5-3-10(4-6-12)11-7-17-13(16)18-8-11/h3-8H,1-2H3,(H2,16,17,18). The molecule has 1 aromatic carbocycles. The van der Waals surface area contributed by atoms with Gasteiger partial charge in [0.15, 0.2) is 0 Å². The summed E-state index contributed by atoms with van der Waals surface area (Å²) >= 11 is 0. The summed E-state index contributed by atoms with van der Waals surface area (Å²) < 4.78 is 0. The lowest BCUT2D eigenvalue weighted by Gasteiger charge is -2.15. The van der Waals surface area contributed by atoms with Crippen LogP contribution in [0.4, 0.5) is 5.95 Å². The molecule has 90 valence electrons. The van der Waals surface area contributed by atoms with Crippen LogP contribution in [0.2, 0.25) is 0 Å². The number of benzene rings is 1. The van der Waals surface area contributed by atoms with E-state index in [1.54, 1.807) is 12.4 Å². The van der Waals surface area contributed by atoms with Gasteiger partial charge in [-0.05, 0) is 25.0 Å². The zero-order chi connectivity index (χ0) is 13.2. The van der Waals surface area contributed by atoms with Crippen molar-refractivity contribution in [2.45, 2.75) is 19.3 Å². The molecule has 4 nitrogen and oxygen atoms in total. The van der Waals surface area contributed by atoms with Gasteiger partial charge in [-0.25, -0.2) is 9.97 Å². The highest BCUT2D eigenvalue weighted by Crippen LogP contribution is 2.25. The van der Waals surface area contributed by atoms with Crippen LogP contribution in [0.1, 0.15) is 19.4 Å². The van der Waals surface area contributed by atoms with E-state index >= 15 is 0 Å². The fraction of sp³-hybridized carbons (Fsp3) is 0.214. The van der Waals surface area contributed by atoms with Crippen LogP contribution in [-0.2, 0) is 5.41 Å². The van der Waals surface area contributed by atoms with Gasteiger partial charge < -0.3 is 5.73 Å². The summed E-state index contributed by atoms with van der Waals surface area (Å²) in [6.45, 7) is 3.79. The van der Waals surface area contributed by atoms with Gasteiger partial charge in [-0.2, -0.15) is 5.26 Å². The second-order valence-electron chi connectivity index (χ2n) is 4.64. The Morgan fingerprint density at radius 2 is 1.61 bits per heavy atom. The number of rotatable bonds is 2. The van der Waals surface area contributed by atoms with Crippen molar-refractivity contribution in [3.8, 4) is 17.2 Å². The Labute approximate surface area is 106 Å². The quantitative estimate of drug-likeness (QED) is 0.872. The first-order valence-electron chi connectivity index (χ1n) is 5.62. The monoisotopic (exact) mass is 238 g/mol. The highest BCUT2D eigenvalue weighted by Gasteiger charge is 2.19. The van der Waals surface area contributed by atoms with E-state index in [-0.39, 0.29) is 5.95 Å². The average Bonchev–Trinajstić information content (AvgIpc) is 2.40. The van der Waals surface area contributed by atoms with Gasteiger partial charge in [0.05, 0.1) is 11.5 Å². The number of nitrogen functional groups attached to an aromatic ring is 1. The molecule has 0 aliphatic rings. The molecule has 0 aliphatic heterocycles. The van der Waals surface area contributed by atoms with Crippen molar-refractivity contribution in [3.05, 3.63) is 42.2 Å². The summed E-state index contributed by atoms with van der Waals surface area (Å²) in [6, 6.07) is 10.1. The number of nitrogens with two attached hydrogens (primary N) is 1. The van der Waals surface area contributed by atoms with Crippen LogP contribution in [0.3, 0.4) is 0 Å². The predicted molar refractivity (Wildman–Crippen MR) is 70.5 cm³/mol. The van der Waals surface area contributed by atoms with E-state index in [1.807, 2.05) is 38.1 Å². The normalized spacial score (nSPS) is 10.9. The van der Waals surface area contributed by atoms with Gasteiger partial charge in [-0.1, -0.05) is 24.3 Å². The summed E-state index contributed by atoms with van der Waals surface area (Å²) in [6.07, 6.45) is 3.37. The number of aromatic nitrogens is 2. The third-order valence-electron chi connectivity index (χ3n) is 2.89. The van der Waals surface area contributed by atoms with Crippen molar-refractivity contribution >= 4 is 5.95 Å². The fourth-order valence-electron chi connectivity index (χ4n) is 1.63. The summed E-state index contributed by atoms with van der Waals surface area (Å²) in [5.41, 5.74) is 7.88. The van der Waals surface area contributed by atoms with Gasteiger partial charge in [-0.15, -0.1) is 0 Å². The molecule has 0 saturated heterocycles. The second kappa shape index (κ2) is 4.46. The lowest BCUT2D eigenvalue weighted by atomic mass is 9.86. The minimum atomic E-state index is -0.476. The van der Waals surface area contributed by atoms with Gasteiger partial charge in [0, 0.05) is 18.0 Å². The first kappa shape index (κ1) is 12.1. The maximum Gasteiger partial charge on any atom is 0.219 e. The van der Waals surface area contributed by atoms with Crippen molar-refractivity contribution in [3.63, 3.8) is 0 Å². The first-order chi connectivity index (χ1) is 8.53. The van der Waals surface area contributed by atoms with E-state index in [2.05, 4.69) is 16.0 Å². The van der Waals surface area contributed by atoms with E-state index in [1.165, 1.54) is 0 Å². The van der Waals surface area contributed by atoms with E-state index < -0.39 is 5.41 Å². The van der Waals surface area contributed by atoms with Crippen LogP contribution in [0, 0.1) is 11.3 Å². The molecule has 1 aromatic heterocycles. The van der Waals surface area contributed by atoms with Crippen molar-refractivity contribution in [1.82, 2.24) is 9.97 Å². The Morgan fingerprint density at radius 1 is 1.06 bits per heavy atom. The molecule has 2 N–H and O–H groups in total. The summed E-state index contributed by atoms with van der Waals surface area (Å²) in [4.78, 5) is 7.91. The molecule has 18 heavy (non-hydrogen) atoms. The summed E-state index contributed by atoms with van der Waals surface area (Å²) in [5, 5.41) is 9.08. The minimum absolute atomic E-state index is 0.265. The highest BCUT2D eigenvalue weighted by molar-refractivity contribution is 5.62. The van der Waals surface area contributed by atoms with Gasteiger partial charge >= 0.3 is 0 Å². The van der Waals surface area contributed by atoms with E-state index in [9.17, 15) is 0 Å². The highest BCUT2D eigenvalue weighted by atomic mass is 15.0. The molecule has 1 heterocycles. The molecule has 0 bridgehead atoms. The molecular weight excluding hydrogens is 224 g/mol. The van der Waals surface area contributed by atoms with E-state index in [0.717, 1.165) is 16.7 Å². The number of hydrogen-bond donors (Lipinski definition) is 1. The van der Waals surface area contributed by atoms with Gasteiger partial charge in [0.2, 0.25) is 5.95 Å². The average molecular weight is 238 g/mol. The molecule has 2 aromatic rings. The van der Waals surface area contributed by atoms with Crippen molar-refractivity contribution < 1.29 is 0 Å². The summed E-state index contributed by atoms with van der Waals surface area (Å²) in [7, 11) is 0. The Kier molecular flexibility index (Phi) is 2.99. The molecule has 0 atom stereocenters. The number of anilines is 1. The second-order valence-corrected chi connectivity index (χ2v) is 4.64. The SMILES string of the molecule is CC(C)(C#N)c1ccc(-c2cnc(N)nc2)cc1. The first-order valence-corrected chi connectivity index (χ1v) is 5.62. The van der Waals surface area contributed by atoms with E-state index in [4.69, 9.17) is 11.0 Å². The smallest absolute Gasteiger partial charge is 0.219 e. The maximum atomic E-state index is 9.08. The summed E-state index contributed by atoms with van der Waals surface area (Å²) in [5.74, 6) is 0.265. The molecule has 4 heteroatoms. The van der Waals surface area contributed by atoms with Crippen molar-refractivity contribution in [1.29, 1.82) is 5.26 Å². The van der Waals surface area contributed by atoms with Gasteiger partial charge in [0.25, 0.3) is 0 Å². The Bertz CT molecular complexity index is 577. The molecule has 0 amide bonds. The molecule has 0 radical (unpaired) electrons. The molecule has 0 fully saturated rings. The largest absolute Gasteiger partial charge is 0.368 e. The van der Waals surface area contributed by atoms with Crippen LogP contribution in [0.25, 0.3) is 11.1 Å². The van der Waals surface area contributed by atoms with Crippen LogP contribution in [0.15, 0.2) is 36.7 Å². The van der Waals surface area contributed by atoms with Gasteiger partial charge in [0.1, 0.15) is 0 Å². The predicted octanol–water partition coefficient (Wildman–Crippen LogP) is 2.53. The Morgan fingerprint density at radius 3 is 2.11 bits per heavy atom. The van der Waals surface area contributed by atoms with E-state index in [0.29, 0.717) is 0 Å². The fourth-order valence-corrected chi connectivity index (χ4v) is 1.63. The van der Waals surface area contributed by atoms with Crippen LogP contribution >= 0.6 is 0 Å². The van der Waals surface area contributed by atoms with Crippen molar-refractivity contribution in [2.24, 2.45) is 0 Å². The third-order valence-corrected chi connectivity index (χ3v) is 2.89. The topological polar surface area (TPSA) is 75.6 Å². The molecule has 0 unspecified atom stereocenters. The number of hydrogen-bond acceptors (Lipinski definition) is 4. The zero-order valence-corrected chi connectivity index (χ0v) is 10.4. The van der Waals surface area contributed by atoms with Crippen LogP contribution < -0.4 is 5.73 Å². The number of nitrogens with zero attached hydrogens (tertiary/aromatic N) is 3. The Hall–Kier alpha value is -2.41. The molecular formula is C14H14N4. The molecule has 0 spiro atoms. The van der Waals surface area contributed by atoms with Crippen LogP contribution in [-0.4, -0.2) is 9.97 Å². The lowest BCUT2D eigenvalue weighted by Crippen LogP contribution is -2.13.